The third-order valence-electron chi connectivity index (χ3n) is 3.11. The molecule has 3 heteroatoms. The van der Waals surface area contributed by atoms with Gasteiger partial charge in [-0.25, -0.2) is 0 Å². The predicted molar refractivity (Wildman–Crippen MR) is 86.8 cm³/mol. The van der Waals surface area contributed by atoms with Crippen molar-refractivity contribution in [2.75, 3.05) is 13.8 Å². The minimum atomic E-state index is -0.355. The first kappa shape index (κ1) is 15.8. The summed E-state index contributed by atoms with van der Waals surface area (Å²) in [6, 6.07) is 15.1. The molecule has 3 radical (unpaired) electrons. The number of methoxy groups -OCH3 is 1. The van der Waals surface area contributed by atoms with E-state index < -0.39 is 0 Å². The van der Waals surface area contributed by atoms with E-state index in [4.69, 9.17) is 4.74 Å². The van der Waals surface area contributed by atoms with Crippen LogP contribution in [0.5, 0.6) is 5.75 Å². The second-order valence-electron chi connectivity index (χ2n) is 4.53. The molecule has 2 aromatic rings. The zero-order valence-corrected chi connectivity index (χ0v) is 12.9. The van der Waals surface area contributed by atoms with Crippen LogP contribution in [0.3, 0.4) is 0 Å². The highest BCUT2D eigenvalue weighted by atomic mass is 31.1. The van der Waals surface area contributed by atoms with Crippen molar-refractivity contribution in [1.29, 1.82) is 0 Å². The van der Waals surface area contributed by atoms with E-state index in [2.05, 4.69) is 63.0 Å². The van der Waals surface area contributed by atoms with Gasteiger partial charge in [-0.3, -0.25) is 0 Å². The number of aryl methyl sites for hydroxylation is 2. The van der Waals surface area contributed by atoms with E-state index in [9.17, 15) is 0 Å². The molecule has 1 nitrogen and oxygen atoms in total. The van der Waals surface area contributed by atoms with Gasteiger partial charge in [-0.15, -0.1) is 0 Å². The van der Waals surface area contributed by atoms with Crippen molar-refractivity contribution < 1.29 is 4.74 Å². The van der Waals surface area contributed by atoms with Crippen LogP contribution in [0.2, 0.25) is 0 Å². The number of hydrogen-bond donors (Lipinski definition) is 0. The molecule has 0 aliphatic rings. The first-order valence-corrected chi connectivity index (χ1v) is 7.86. The first-order chi connectivity index (χ1) is 8.63. The lowest BCUT2D eigenvalue weighted by molar-refractivity contribution is 0.415. The highest BCUT2D eigenvalue weighted by Crippen LogP contribution is 2.35. The summed E-state index contributed by atoms with van der Waals surface area (Å²) >= 11 is 0. The summed E-state index contributed by atoms with van der Waals surface area (Å²) in [5.41, 5.74) is 2.52. The molecular weight excluding hydrogens is 250 g/mol. The highest BCUT2D eigenvalue weighted by Gasteiger charge is 2.15. The fourth-order valence-electron chi connectivity index (χ4n) is 2.24. The molecule has 0 aliphatic carbocycles. The van der Waals surface area contributed by atoms with Crippen molar-refractivity contribution in [3.05, 3.63) is 53.6 Å². The lowest BCUT2D eigenvalue weighted by atomic mass is 10.1. The molecule has 0 saturated carbocycles. The van der Waals surface area contributed by atoms with Gasteiger partial charge in [0.1, 0.15) is 5.75 Å². The van der Waals surface area contributed by atoms with E-state index in [0.717, 1.165) is 5.75 Å². The van der Waals surface area contributed by atoms with E-state index in [1.54, 1.807) is 7.11 Å². The van der Waals surface area contributed by atoms with Crippen LogP contribution in [0.25, 0.3) is 0 Å². The van der Waals surface area contributed by atoms with Crippen LogP contribution in [0.4, 0.5) is 0 Å². The molecule has 0 fully saturated rings. The van der Waals surface area contributed by atoms with E-state index >= 15 is 0 Å². The summed E-state index contributed by atoms with van der Waals surface area (Å²) in [6.45, 7) is 6.55. The number of rotatable bonds is 3. The number of ether oxygens (including phenoxy) is 1. The highest BCUT2D eigenvalue weighted by molar-refractivity contribution is 7.72. The average molecular weight is 269 g/mol. The van der Waals surface area contributed by atoms with Crippen LogP contribution in [0, 0.1) is 13.8 Å². The Morgan fingerprint density at radius 2 is 1.63 bits per heavy atom. The van der Waals surface area contributed by atoms with Crippen LogP contribution >= 0.6 is 7.92 Å². The zero-order valence-electron chi connectivity index (χ0n) is 12.0. The molecule has 0 saturated heterocycles. The smallest absolute Gasteiger partial charge is 0.129 e. The largest absolute Gasteiger partial charge is 0.496 e. The summed E-state index contributed by atoms with van der Waals surface area (Å²) < 4.78 is 5.59. The van der Waals surface area contributed by atoms with Crippen LogP contribution < -0.4 is 15.3 Å². The third-order valence-corrected chi connectivity index (χ3v) is 5.24. The molecule has 0 amide bonds. The van der Waals surface area contributed by atoms with Crippen molar-refractivity contribution in [2.24, 2.45) is 0 Å². The first-order valence-electron chi connectivity index (χ1n) is 6.07. The Balaban J connectivity index is 0.00000180. The average Bonchev–Trinajstić information content (AvgIpc) is 2.38. The quantitative estimate of drug-likeness (QED) is 0.614. The molecule has 0 spiro atoms. The van der Waals surface area contributed by atoms with Crippen molar-refractivity contribution in [3.63, 3.8) is 0 Å². The summed E-state index contributed by atoms with van der Waals surface area (Å²) in [5, 5.41) is 2.71. The molecule has 97 valence electrons. The van der Waals surface area contributed by atoms with E-state index in [1.165, 1.54) is 21.7 Å². The second kappa shape index (κ2) is 6.77. The monoisotopic (exact) mass is 269 g/mol. The Morgan fingerprint density at radius 1 is 1.00 bits per heavy atom. The van der Waals surface area contributed by atoms with Crippen molar-refractivity contribution in [3.8, 4) is 5.75 Å². The minimum absolute atomic E-state index is 0. The maximum Gasteiger partial charge on any atom is 0.129 e. The molecule has 0 N–H and O–H groups in total. The summed E-state index contributed by atoms with van der Waals surface area (Å²) in [7, 11) is 1.40. The Kier molecular flexibility index (Phi) is 5.63. The summed E-state index contributed by atoms with van der Waals surface area (Å²) in [5.74, 6) is 1.04. The minimum Gasteiger partial charge on any atom is -0.496 e. The van der Waals surface area contributed by atoms with E-state index in [0.29, 0.717) is 0 Å². The number of benzene rings is 2. The number of hydrogen-bond acceptors (Lipinski definition) is 1. The Hall–Kier alpha value is -1.27. The van der Waals surface area contributed by atoms with Crippen LogP contribution in [0.15, 0.2) is 42.5 Å². The molecule has 0 aromatic heterocycles. The zero-order chi connectivity index (χ0) is 13.1. The maximum atomic E-state index is 5.59. The fourth-order valence-corrected chi connectivity index (χ4v) is 4.10. The van der Waals surface area contributed by atoms with E-state index in [1.807, 2.05) is 0 Å². The lowest BCUT2D eigenvalue weighted by Gasteiger charge is -2.19. The van der Waals surface area contributed by atoms with Crippen molar-refractivity contribution >= 4 is 26.9 Å². The maximum absolute atomic E-state index is 5.59. The van der Waals surface area contributed by atoms with Crippen molar-refractivity contribution in [2.45, 2.75) is 13.8 Å². The molecular formula is C16H19BOP. The van der Waals surface area contributed by atoms with Crippen LogP contribution in [-0.2, 0) is 0 Å². The Bertz CT molecular complexity index is 540. The molecule has 0 aliphatic heterocycles. The fraction of sp³-hybridized carbons (Fsp3) is 0.250. The van der Waals surface area contributed by atoms with Gasteiger partial charge in [0.05, 0.1) is 7.11 Å². The van der Waals surface area contributed by atoms with E-state index in [-0.39, 0.29) is 16.3 Å². The van der Waals surface area contributed by atoms with Gasteiger partial charge in [-0.05, 0) is 50.9 Å². The van der Waals surface area contributed by atoms with Gasteiger partial charge in [0.2, 0.25) is 0 Å². The SMILES string of the molecule is COc1c(C)cc(C)cc1P(C)c1ccccc1.[B]. The topological polar surface area (TPSA) is 9.23 Å². The van der Waals surface area contributed by atoms with Gasteiger partial charge in [0.25, 0.3) is 0 Å². The van der Waals surface area contributed by atoms with Crippen LogP contribution in [-0.4, -0.2) is 22.2 Å². The van der Waals surface area contributed by atoms with Gasteiger partial charge >= 0.3 is 0 Å². The van der Waals surface area contributed by atoms with Gasteiger partial charge in [-0.1, -0.05) is 36.4 Å². The normalized spacial score (nSPS) is 11.6. The molecule has 19 heavy (non-hydrogen) atoms. The van der Waals surface area contributed by atoms with Gasteiger partial charge < -0.3 is 4.74 Å². The summed E-state index contributed by atoms with van der Waals surface area (Å²) in [4.78, 5) is 0. The predicted octanol–water partition coefficient (Wildman–Crippen LogP) is 2.99. The standard InChI is InChI=1S/C16H19OP.B/c1-12-10-13(2)16(17-3)15(11-12)18(4)14-8-6-5-7-9-14;/h5-11H,1-4H3;. The molecule has 0 heterocycles. The molecule has 1 atom stereocenters. The molecule has 2 aromatic carbocycles. The molecule has 1 unspecified atom stereocenters. The Labute approximate surface area is 119 Å². The molecule has 2 rings (SSSR count). The van der Waals surface area contributed by atoms with Gasteiger partial charge in [0.15, 0.2) is 0 Å². The Morgan fingerprint density at radius 3 is 2.21 bits per heavy atom. The second-order valence-corrected chi connectivity index (χ2v) is 6.64. The van der Waals surface area contributed by atoms with Gasteiger partial charge in [0, 0.05) is 13.7 Å². The lowest BCUT2D eigenvalue weighted by Crippen LogP contribution is -2.14. The third kappa shape index (κ3) is 3.39. The van der Waals surface area contributed by atoms with Gasteiger partial charge in [-0.2, -0.15) is 0 Å². The van der Waals surface area contributed by atoms with Crippen molar-refractivity contribution in [1.82, 2.24) is 0 Å². The summed E-state index contributed by atoms with van der Waals surface area (Å²) in [6.07, 6.45) is 0. The molecule has 0 bridgehead atoms. The van der Waals surface area contributed by atoms with Crippen LogP contribution in [0.1, 0.15) is 11.1 Å².